The van der Waals surface area contributed by atoms with Gasteiger partial charge in [0.2, 0.25) is 0 Å². The van der Waals surface area contributed by atoms with E-state index in [9.17, 15) is 25.0 Å². The van der Waals surface area contributed by atoms with Gasteiger partial charge in [-0.15, -0.1) is 0 Å². The zero-order valence-corrected chi connectivity index (χ0v) is 14.0. The van der Waals surface area contributed by atoms with Gasteiger partial charge in [-0.25, -0.2) is 9.97 Å². The quantitative estimate of drug-likeness (QED) is 0.504. The molecule has 3 rings (SSSR count). The monoisotopic (exact) mass is 381 g/mol. The molecular weight excluding hydrogens is 370 g/mol. The van der Waals surface area contributed by atoms with E-state index in [1.54, 1.807) is 24.3 Å². The zero-order chi connectivity index (χ0) is 20.1. The van der Waals surface area contributed by atoms with Crippen molar-refractivity contribution in [3.05, 3.63) is 86.7 Å². The van der Waals surface area contributed by atoms with Crippen molar-refractivity contribution >= 4 is 23.0 Å². The number of anilines is 1. The van der Waals surface area contributed by atoms with Gasteiger partial charge in [-0.2, -0.15) is 0 Å². The number of nitrogens with one attached hydrogen (secondary N) is 1. The molecule has 3 aromatic rings. The maximum Gasteiger partial charge on any atom is 0.322 e. The standard InChI is InChI=1S/C17H11N5O6/c23-16(11-6-13(21(24)25)8-14(7-11)22(26)27)20-12-9-18-17(19-10-12)28-15-4-2-1-3-5-15/h1-10H,(H,20,23). The summed E-state index contributed by atoms with van der Waals surface area (Å²) in [5, 5.41) is 24.2. The third-order valence-corrected chi connectivity index (χ3v) is 3.42. The zero-order valence-electron chi connectivity index (χ0n) is 14.0. The molecule has 11 heteroatoms. The van der Waals surface area contributed by atoms with Crippen molar-refractivity contribution in [1.82, 2.24) is 9.97 Å². The third kappa shape index (κ3) is 4.40. The largest absolute Gasteiger partial charge is 0.424 e. The molecule has 0 aliphatic carbocycles. The molecule has 0 saturated carbocycles. The predicted octanol–water partition coefficient (Wildman–Crippen LogP) is 3.34. The molecule has 0 atom stereocenters. The van der Waals surface area contributed by atoms with Gasteiger partial charge in [0, 0.05) is 12.1 Å². The van der Waals surface area contributed by atoms with Crippen LogP contribution in [-0.4, -0.2) is 25.7 Å². The Bertz CT molecular complexity index is 1010. The lowest BCUT2D eigenvalue weighted by Crippen LogP contribution is -2.13. The second kappa shape index (κ2) is 7.86. The second-order valence-electron chi connectivity index (χ2n) is 5.38. The molecule has 140 valence electrons. The van der Waals surface area contributed by atoms with Crippen LogP contribution in [0.4, 0.5) is 17.1 Å². The van der Waals surface area contributed by atoms with E-state index in [-0.39, 0.29) is 17.3 Å². The summed E-state index contributed by atoms with van der Waals surface area (Å²) in [5.74, 6) is -0.254. The van der Waals surface area contributed by atoms with Gasteiger partial charge in [0.25, 0.3) is 17.3 Å². The summed E-state index contributed by atoms with van der Waals surface area (Å²) in [6.07, 6.45) is 2.55. The van der Waals surface area contributed by atoms with E-state index in [1.807, 2.05) is 6.07 Å². The van der Waals surface area contributed by atoms with Crippen molar-refractivity contribution < 1.29 is 19.4 Å². The lowest BCUT2D eigenvalue weighted by molar-refractivity contribution is -0.394. The highest BCUT2D eigenvalue weighted by molar-refractivity contribution is 6.05. The number of non-ortho nitro benzene ring substituents is 2. The molecule has 0 aliphatic heterocycles. The molecule has 0 saturated heterocycles. The Morgan fingerprint density at radius 3 is 2.04 bits per heavy atom. The lowest BCUT2D eigenvalue weighted by atomic mass is 10.1. The van der Waals surface area contributed by atoms with Crippen molar-refractivity contribution in [3.8, 4) is 11.8 Å². The summed E-state index contributed by atoms with van der Waals surface area (Å²) in [4.78, 5) is 40.4. The highest BCUT2D eigenvalue weighted by Gasteiger charge is 2.20. The van der Waals surface area contributed by atoms with Gasteiger partial charge in [-0.1, -0.05) is 18.2 Å². The summed E-state index contributed by atoms with van der Waals surface area (Å²) in [6.45, 7) is 0. The fraction of sp³-hybridized carbons (Fsp3) is 0. The van der Waals surface area contributed by atoms with Crippen molar-refractivity contribution in [2.75, 3.05) is 5.32 Å². The summed E-state index contributed by atoms with van der Waals surface area (Å²) < 4.78 is 5.42. The third-order valence-electron chi connectivity index (χ3n) is 3.42. The fourth-order valence-electron chi connectivity index (χ4n) is 2.17. The van der Waals surface area contributed by atoms with E-state index in [4.69, 9.17) is 4.74 Å². The Balaban J connectivity index is 1.76. The first-order valence-corrected chi connectivity index (χ1v) is 7.72. The highest BCUT2D eigenvalue weighted by atomic mass is 16.6. The molecule has 0 fully saturated rings. The van der Waals surface area contributed by atoms with Gasteiger partial charge in [-0.05, 0) is 12.1 Å². The van der Waals surface area contributed by atoms with E-state index in [0.29, 0.717) is 5.75 Å². The van der Waals surface area contributed by atoms with E-state index < -0.39 is 27.1 Å². The van der Waals surface area contributed by atoms with Crippen LogP contribution >= 0.6 is 0 Å². The van der Waals surface area contributed by atoms with Gasteiger partial charge < -0.3 is 10.1 Å². The molecule has 11 nitrogen and oxygen atoms in total. The van der Waals surface area contributed by atoms with Crippen LogP contribution in [0.2, 0.25) is 0 Å². The Hall–Kier alpha value is -4.41. The first kappa shape index (κ1) is 18.4. The number of para-hydroxylation sites is 1. The smallest absolute Gasteiger partial charge is 0.322 e. The van der Waals surface area contributed by atoms with Crippen molar-refractivity contribution in [1.29, 1.82) is 0 Å². The number of carbonyl (C=O) groups is 1. The highest BCUT2D eigenvalue weighted by Crippen LogP contribution is 2.23. The number of benzene rings is 2. The van der Waals surface area contributed by atoms with Crippen LogP contribution in [0.1, 0.15) is 10.4 Å². The normalized spacial score (nSPS) is 10.1. The van der Waals surface area contributed by atoms with Gasteiger partial charge in [0.15, 0.2) is 0 Å². The Labute approximate surface area is 156 Å². The van der Waals surface area contributed by atoms with Crippen LogP contribution < -0.4 is 10.1 Å². The molecule has 28 heavy (non-hydrogen) atoms. The first-order valence-electron chi connectivity index (χ1n) is 7.72. The Morgan fingerprint density at radius 2 is 1.50 bits per heavy atom. The minimum absolute atomic E-state index is 0.0511. The van der Waals surface area contributed by atoms with Gasteiger partial charge in [0.05, 0.1) is 39.6 Å². The van der Waals surface area contributed by atoms with Crippen LogP contribution in [0, 0.1) is 20.2 Å². The molecule has 0 spiro atoms. The number of nitro benzene ring substituents is 2. The molecule has 1 aromatic heterocycles. The number of carbonyl (C=O) groups excluding carboxylic acids is 1. The molecule has 0 aliphatic rings. The summed E-state index contributed by atoms with van der Waals surface area (Å²) in [5.41, 5.74) is -1.20. The minimum atomic E-state index is -0.817. The first-order chi connectivity index (χ1) is 13.4. The van der Waals surface area contributed by atoms with E-state index in [2.05, 4.69) is 15.3 Å². The summed E-state index contributed by atoms with van der Waals surface area (Å²) in [6, 6.07) is 11.5. The number of hydrogen-bond acceptors (Lipinski definition) is 8. The van der Waals surface area contributed by atoms with E-state index >= 15 is 0 Å². The summed E-state index contributed by atoms with van der Waals surface area (Å²) >= 11 is 0. The van der Waals surface area contributed by atoms with E-state index in [0.717, 1.165) is 18.2 Å². The average Bonchev–Trinajstić information content (AvgIpc) is 2.69. The van der Waals surface area contributed by atoms with Crippen molar-refractivity contribution in [2.45, 2.75) is 0 Å². The maximum atomic E-state index is 12.3. The minimum Gasteiger partial charge on any atom is -0.424 e. The number of nitro groups is 2. The SMILES string of the molecule is O=C(Nc1cnc(Oc2ccccc2)nc1)c1cc([N+](=O)[O-])cc([N+](=O)[O-])c1. The Kier molecular flexibility index (Phi) is 5.16. The average molecular weight is 381 g/mol. The number of amides is 1. The fourth-order valence-corrected chi connectivity index (χ4v) is 2.17. The molecule has 2 aromatic carbocycles. The van der Waals surface area contributed by atoms with Gasteiger partial charge in [-0.3, -0.25) is 25.0 Å². The van der Waals surface area contributed by atoms with Gasteiger partial charge in [0.1, 0.15) is 5.75 Å². The van der Waals surface area contributed by atoms with Crippen LogP contribution in [-0.2, 0) is 0 Å². The second-order valence-corrected chi connectivity index (χ2v) is 5.38. The van der Waals surface area contributed by atoms with Crippen molar-refractivity contribution in [3.63, 3.8) is 0 Å². The topological polar surface area (TPSA) is 150 Å². The maximum absolute atomic E-state index is 12.3. The molecule has 1 heterocycles. The van der Waals surface area contributed by atoms with Crippen molar-refractivity contribution in [2.24, 2.45) is 0 Å². The van der Waals surface area contributed by atoms with Crippen LogP contribution in [0.3, 0.4) is 0 Å². The number of ether oxygens (including phenoxy) is 1. The van der Waals surface area contributed by atoms with Crippen LogP contribution in [0.25, 0.3) is 0 Å². The predicted molar refractivity (Wildman–Crippen MR) is 96.3 cm³/mol. The molecule has 1 amide bonds. The molecule has 1 N–H and O–H groups in total. The number of aromatic nitrogens is 2. The van der Waals surface area contributed by atoms with E-state index in [1.165, 1.54) is 12.4 Å². The Morgan fingerprint density at radius 1 is 0.929 bits per heavy atom. The number of rotatable bonds is 6. The number of nitrogens with zero attached hydrogens (tertiary/aromatic N) is 4. The molecular formula is C17H11N5O6. The molecule has 0 bridgehead atoms. The molecule has 0 radical (unpaired) electrons. The lowest BCUT2D eigenvalue weighted by Gasteiger charge is -2.06. The van der Waals surface area contributed by atoms with Gasteiger partial charge >= 0.3 is 6.01 Å². The number of hydrogen-bond donors (Lipinski definition) is 1. The van der Waals surface area contributed by atoms with Crippen LogP contribution in [0.5, 0.6) is 11.8 Å². The summed E-state index contributed by atoms with van der Waals surface area (Å²) in [7, 11) is 0. The van der Waals surface area contributed by atoms with Crippen LogP contribution in [0.15, 0.2) is 60.9 Å². The molecule has 0 unspecified atom stereocenters.